The summed E-state index contributed by atoms with van der Waals surface area (Å²) in [5.41, 5.74) is 6.00. The summed E-state index contributed by atoms with van der Waals surface area (Å²) >= 11 is 0. The van der Waals surface area contributed by atoms with E-state index in [0.29, 0.717) is 6.07 Å². The summed E-state index contributed by atoms with van der Waals surface area (Å²) in [5.74, 6) is 0. The molecule has 0 saturated heterocycles. The molecule has 0 aliphatic rings. The Morgan fingerprint density at radius 3 is 2.43 bits per heavy atom. The first-order valence-corrected chi connectivity index (χ1v) is 4.74. The second-order valence-corrected chi connectivity index (χ2v) is 3.83. The van der Waals surface area contributed by atoms with Crippen LogP contribution >= 0.6 is 0 Å². The van der Waals surface area contributed by atoms with Gasteiger partial charge in [-0.05, 0) is 12.1 Å². The number of benzene rings is 1. The quantitative estimate of drug-likeness (QED) is 0.445. The van der Waals surface area contributed by atoms with Gasteiger partial charge in [-0.1, -0.05) is 0 Å². The van der Waals surface area contributed by atoms with Gasteiger partial charge in [-0.15, -0.1) is 0 Å². The van der Waals surface area contributed by atoms with Gasteiger partial charge >= 0.3 is 0 Å². The normalized spacial score (nSPS) is 11.2. The average molecular weight is 217 g/mol. The molecule has 0 atom stereocenters. The topological polar surface area (TPSA) is 121 Å². The molecule has 0 spiro atoms. The Balaban J connectivity index is 3.42. The highest BCUT2D eigenvalue weighted by molar-refractivity contribution is 7.85. The van der Waals surface area contributed by atoms with Crippen LogP contribution in [0.2, 0.25) is 0 Å². The number of nitro groups is 1. The Hall–Kier alpha value is -1.67. The maximum Gasteiger partial charge on any atom is 0.295 e. The Morgan fingerprint density at radius 1 is 1.43 bits per heavy atom. The maximum atomic E-state index is 10.6. The van der Waals surface area contributed by atoms with Gasteiger partial charge in [0.1, 0.15) is 10.6 Å². The van der Waals surface area contributed by atoms with Crippen molar-refractivity contribution < 1.29 is 17.9 Å². The third-order valence-corrected chi connectivity index (χ3v) is 2.31. The van der Waals surface area contributed by atoms with Gasteiger partial charge < -0.3 is 0 Å². The predicted octanol–water partition coefficient (Wildman–Crippen LogP) is 0.756. The minimum absolute atomic E-state index is 0.414. The van der Waals surface area contributed by atoms with E-state index >= 15 is 0 Å². The molecule has 2 N–H and O–H groups in total. The molecule has 7 nitrogen and oxygen atoms in total. The first kappa shape index (κ1) is 10.4. The molecule has 0 unspecified atom stereocenters. The van der Waals surface area contributed by atoms with Crippen LogP contribution in [0.25, 0.3) is 0 Å². The fourth-order valence-electron chi connectivity index (χ4n) is 0.823. The first-order valence-electron chi connectivity index (χ1n) is 3.30. The molecule has 8 heteroatoms. The second kappa shape index (κ2) is 3.24. The number of rotatable bonds is 2. The highest BCUT2D eigenvalue weighted by atomic mass is 32.2. The summed E-state index contributed by atoms with van der Waals surface area (Å²) in [6.07, 6.45) is 0. The molecule has 0 saturated carbocycles. The Kier molecular flexibility index (Phi) is 2.41. The van der Waals surface area contributed by atoms with Gasteiger partial charge in [0.15, 0.2) is 0 Å². The largest absolute Gasteiger partial charge is 0.295 e. The van der Waals surface area contributed by atoms with Gasteiger partial charge in [-0.2, -0.15) is 8.42 Å². The summed E-state index contributed by atoms with van der Waals surface area (Å²) in [4.78, 5) is 8.82. The minimum Gasteiger partial charge on any atom is -0.294 e. The smallest absolute Gasteiger partial charge is 0.294 e. The van der Waals surface area contributed by atoms with Crippen LogP contribution in [0, 0.1) is 10.1 Å². The van der Waals surface area contributed by atoms with Gasteiger partial charge in [0.2, 0.25) is 0 Å². The summed E-state index contributed by atoms with van der Waals surface area (Å²) in [6.45, 7) is 0. The van der Waals surface area contributed by atoms with E-state index in [4.69, 9.17) is 10.3 Å². The molecule has 0 amide bonds. The third-order valence-electron chi connectivity index (χ3n) is 1.46. The number of hydrogen-bond donors (Lipinski definition) is 1. The summed E-state index contributed by atoms with van der Waals surface area (Å²) in [6, 6.07) is 2.49. The molecule has 1 rings (SSSR count). The molecule has 0 heterocycles. The van der Waals surface area contributed by atoms with Crippen LogP contribution in [0.1, 0.15) is 0 Å². The van der Waals surface area contributed by atoms with Crippen LogP contribution in [0.5, 0.6) is 0 Å². The van der Waals surface area contributed by atoms with E-state index in [-0.39, 0.29) is 0 Å². The zero-order chi connectivity index (χ0) is 10.9. The van der Waals surface area contributed by atoms with E-state index in [0.717, 1.165) is 12.1 Å². The molecule has 0 aromatic heterocycles. The molecular formula is C6H5N2O5S. The number of nitrogens with zero attached hydrogens (tertiary/aromatic N) is 1. The van der Waals surface area contributed by atoms with Crippen molar-refractivity contribution in [3.8, 4) is 0 Å². The van der Waals surface area contributed by atoms with Gasteiger partial charge in [-0.25, -0.2) is 0 Å². The van der Waals surface area contributed by atoms with Gasteiger partial charge in [0, 0.05) is 6.07 Å². The molecule has 75 valence electrons. The molecule has 0 aliphatic heterocycles. The average Bonchev–Trinajstić information content (AvgIpc) is 2.02. The van der Waals surface area contributed by atoms with Crippen LogP contribution in [-0.2, 0) is 10.1 Å². The zero-order valence-corrected chi connectivity index (χ0v) is 7.48. The van der Waals surface area contributed by atoms with Crippen LogP contribution in [0.3, 0.4) is 0 Å². The van der Waals surface area contributed by atoms with Gasteiger partial charge in [0.05, 0.1) is 4.92 Å². The number of hydrogen-bond acceptors (Lipinski definition) is 4. The lowest BCUT2D eigenvalue weighted by Crippen LogP contribution is -1.99. The Morgan fingerprint density at radius 2 is 2.00 bits per heavy atom. The van der Waals surface area contributed by atoms with E-state index in [2.05, 4.69) is 0 Å². The molecule has 1 radical (unpaired) electrons. The Bertz CT molecular complexity index is 481. The molecule has 0 aliphatic carbocycles. The van der Waals surface area contributed by atoms with E-state index in [1.165, 1.54) is 0 Å². The number of nitro benzene ring substituents is 1. The van der Waals surface area contributed by atoms with Crippen LogP contribution < -0.4 is 5.73 Å². The molecule has 1 aromatic carbocycles. The van der Waals surface area contributed by atoms with Crippen molar-refractivity contribution in [3.63, 3.8) is 0 Å². The van der Waals surface area contributed by atoms with Crippen molar-refractivity contribution in [3.05, 3.63) is 28.3 Å². The van der Waals surface area contributed by atoms with Crippen molar-refractivity contribution in [1.82, 2.24) is 5.73 Å². The standard InChI is InChI=1S/C6H5N2O5S/c7-5-2-1-4(14(11,12)13)3-6(5)8(9)10/h1-3,7H,(H,11,12,13). The fourth-order valence-corrected chi connectivity index (χ4v) is 1.32. The SMILES string of the molecule is [NH]c1ccc(S(=O)(=O)O)cc1[N+](=O)[O-]. The van der Waals surface area contributed by atoms with Crippen molar-refractivity contribution in [1.29, 1.82) is 0 Å². The molecule has 0 fully saturated rings. The first-order chi connectivity index (χ1) is 6.32. The van der Waals surface area contributed by atoms with E-state index < -0.39 is 31.3 Å². The van der Waals surface area contributed by atoms with Gasteiger partial charge in [0.25, 0.3) is 15.8 Å². The monoisotopic (exact) mass is 217 g/mol. The van der Waals surface area contributed by atoms with E-state index in [1.54, 1.807) is 0 Å². The van der Waals surface area contributed by atoms with Gasteiger partial charge in [-0.3, -0.25) is 20.4 Å². The van der Waals surface area contributed by atoms with Crippen molar-refractivity contribution in [2.24, 2.45) is 0 Å². The van der Waals surface area contributed by atoms with E-state index in [1.807, 2.05) is 0 Å². The minimum atomic E-state index is -4.46. The highest BCUT2D eigenvalue weighted by Gasteiger charge is 2.18. The van der Waals surface area contributed by atoms with Crippen molar-refractivity contribution in [2.45, 2.75) is 4.90 Å². The highest BCUT2D eigenvalue weighted by Crippen LogP contribution is 2.25. The lowest BCUT2D eigenvalue weighted by molar-refractivity contribution is -0.384. The molecule has 1 aromatic rings. The lowest BCUT2D eigenvalue weighted by Gasteiger charge is -1.98. The van der Waals surface area contributed by atoms with Crippen LogP contribution in [0.15, 0.2) is 23.1 Å². The second-order valence-electron chi connectivity index (χ2n) is 2.41. The van der Waals surface area contributed by atoms with Crippen LogP contribution in [-0.4, -0.2) is 17.9 Å². The van der Waals surface area contributed by atoms with Crippen molar-refractivity contribution in [2.75, 3.05) is 0 Å². The molecule has 0 bridgehead atoms. The molecule has 14 heavy (non-hydrogen) atoms. The van der Waals surface area contributed by atoms with Crippen molar-refractivity contribution >= 4 is 21.5 Å². The third kappa shape index (κ3) is 1.98. The number of nitrogens with one attached hydrogen (secondary N) is 1. The maximum absolute atomic E-state index is 10.6. The lowest BCUT2D eigenvalue weighted by atomic mass is 10.3. The Labute approximate surface area is 79.1 Å². The summed E-state index contributed by atoms with van der Waals surface area (Å²) < 4.78 is 29.8. The fraction of sp³-hybridized carbons (Fsp3) is 0. The predicted molar refractivity (Wildman–Crippen MR) is 45.7 cm³/mol. The zero-order valence-electron chi connectivity index (χ0n) is 6.67. The van der Waals surface area contributed by atoms with E-state index in [9.17, 15) is 18.5 Å². The molecular weight excluding hydrogens is 212 g/mol. The summed E-state index contributed by atoms with van der Waals surface area (Å²) in [5, 5.41) is 10.3. The summed E-state index contributed by atoms with van der Waals surface area (Å²) in [7, 11) is -4.46. The van der Waals surface area contributed by atoms with Crippen LogP contribution in [0.4, 0.5) is 11.4 Å².